The zero-order valence-electron chi connectivity index (χ0n) is 16.6. The van der Waals surface area contributed by atoms with Crippen LogP contribution in [-0.4, -0.2) is 59.2 Å². The van der Waals surface area contributed by atoms with Crippen molar-refractivity contribution in [1.82, 2.24) is 24.9 Å². The molecule has 1 N–H and O–H groups in total. The van der Waals surface area contributed by atoms with Gasteiger partial charge in [0, 0.05) is 45.0 Å². The Morgan fingerprint density at radius 3 is 2.59 bits per heavy atom. The lowest BCUT2D eigenvalue weighted by atomic mass is 9.95. The van der Waals surface area contributed by atoms with E-state index in [1.165, 1.54) is 5.56 Å². The minimum Gasteiger partial charge on any atom is -0.341 e. The van der Waals surface area contributed by atoms with Gasteiger partial charge in [-0.1, -0.05) is 30.3 Å². The van der Waals surface area contributed by atoms with Crippen molar-refractivity contribution in [3.05, 3.63) is 53.9 Å². The van der Waals surface area contributed by atoms with Gasteiger partial charge in [0.1, 0.15) is 6.04 Å². The first-order valence-electron chi connectivity index (χ1n) is 9.74. The Morgan fingerprint density at radius 1 is 1.30 bits per heavy atom. The lowest BCUT2D eigenvalue weighted by Gasteiger charge is -2.35. The second-order valence-corrected chi connectivity index (χ2v) is 7.62. The number of amides is 1. The molecule has 0 spiro atoms. The van der Waals surface area contributed by atoms with Gasteiger partial charge in [0.05, 0.1) is 6.20 Å². The van der Waals surface area contributed by atoms with Crippen LogP contribution in [0.4, 0.5) is 0 Å². The van der Waals surface area contributed by atoms with Crippen molar-refractivity contribution in [2.45, 2.75) is 25.4 Å². The number of carbonyl (C=O) groups is 1. The predicted octanol–water partition coefficient (Wildman–Crippen LogP) is 2.05. The van der Waals surface area contributed by atoms with Gasteiger partial charge in [-0.05, 0) is 38.4 Å². The standard InChI is InChI=1S/C21H31N5O/c1-22-20(19-13-23-25(3)16-19)21(27)26-11-9-18(10-12-26)15-24(2)14-17-7-5-4-6-8-17/h4-8,13,16,18,20,22H,9-12,14-15H2,1-3H3. The molecular formula is C21H31N5O. The average molecular weight is 370 g/mol. The summed E-state index contributed by atoms with van der Waals surface area (Å²) in [6.45, 7) is 3.72. The summed E-state index contributed by atoms with van der Waals surface area (Å²) < 4.78 is 1.74. The summed E-state index contributed by atoms with van der Waals surface area (Å²) in [6, 6.07) is 10.3. The maximum absolute atomic E-state index is 12.9. The fourth-order valence-corrected chi connectivity index (χ4v) is 3.94. The van der Waals surface area contributed by atoms with Crippen molar-refractivity contribution < 1.29 is 4.79 Å². The number of aromatic nitrogens is 2. The summed E-state index contributed by atoms with van der Waals surface area (Å²) in [5.41, 5.74) is 2.27. The van der Waals surface area contributed by atoms with Gasteiger partial charge in [0.15, 0.2) is 0 Å². The maximum atomic E-state index is 12.9. The highest BCUT2D eigenvalue weighted by atomic mass is 16.2. The highest BCUT2D eigenvalue weighted by Gasteiger charge is 2.29. The molecule has 1 aromatic heterocycles. The van der Waals surface area contributed by atoms with Crippen LogP contribution in [0.15, 0.2) is 42.7 Å². The maximum Gasteiger partial charge on any atom is 0.244 e. The molecule has 2 aromatic rings. The molecule has 6 nitrogen and oxygen atoms in total. The van der Waals surface area contributed by atoms with Crippen LogP contribution in [0.25, 0.3) is 0 Å². The third kappa shape index (κ3) is 5.17. The predicted molar refractivity (Wildman–Crippen MR) is 107 cm³/mol. The van der Waals surface area contributed by atoms with E-state index in [0.717, 1.165) is 44.6 Å². The van der Waals surface area contributed by atoms with E-state index in [9.17, 15) is 4.79 Å². The molecule has 1 aromatic carbocycles. The van der Waals surface area contributed by atoms with E-state index in [1.807, 2.05) is 25.2 Å². The van der Waals surface area contributed by atoms with Crippen LogP contribution in [-0.2, 0) is 18.4 Å². The quantitative estimate of drug-likeness (QED) is 0.812. The molecule has 2 heterocycles. The summed E-state index contributed by atoms with van der Waals surface area (Å²) >= 11 is 0. The average Bonchev–Trinajstić information content (AvgIpc) is 3.09. The van der Waals surface area contributed by atoms with Gasteiger partial charge < -0.3 is 15.1 Å². The topological polar surface area (TPSA) is 53.4 Å². The number of piperidine rings is 1. The second-order valence-electron chi connectivity index (χ2n) is 7.62. The van der Waals surface area contributed by atoms with Crippen molar-refractivity contribution in [3.8, 4) is 0 Å². The Bertz CT molecular complexity index is 721. The first-order chi connectivity index (χ1) is 13.1. The fourth-order valence-electron chi connectivity index (χ4n) is 3.94. The number of benzene rings is 1. The van der Waals surface area contributed by atoms with Crippen LogP contribution < -0.4 is 5.32 Å². The number of likely N-dealkylation sites (N-methyl/N-ethyl adjacent to an activating group) is 1. The molecule has 6 heteroatoms. The fraction of sp³-hybridized carbons (Fsp3) is 0.524. The van der Waals surface area contributed by atoms with Gasteiger partial charge in [0.2, 0.25) is 5.91 Å². The van der Waals surface area contributed by atoms with E-state index in [-0.39, 0.29) is 11.9 Å². The van der Waals surface area contributed by atoms with E-state index < -0.39 is 0 Å². The third-order valence-electron chi connectivity index (χ3n) is 5.39. The SMILES string of the molecule is CNC(C(=O)N1CCC(CN(C)Cc2ccccc2)CC1)c1cnn(C)c1. The van der Waals surface area contributed by atoms with Crippen LogP contribution in [0.5, 0.6) is 0 Å². The van der Waals surface area contributed by atoms with E-state index in [4.69, 9.17) is 0 Å². The van der Waals surface area contributed by atoms with Crippen LogP contribution in [0.2, 0.25) is 0 Å². The highest BCUT2D eigenvalue weighted by molar-refractivity contribution is 5.83. The summed E-state index contributed by atoms with van der Waals surface area (Å²) in [5, 5.41) is 7.34. The molecule has 1 amide bonds. The van der Waals surface area contributed by atoms with Gasteiger partial charge in [0.25, 0.3) is 0 Å². The molecular weight excluding hydrogens is 338 g/mol. The van der Waals surface area contributed by atoms with Gasteiger partial charge >= 0.3 is 0 Å². The van der Waals surface area contributed by atoms with E-state index >= 15 is 0 Å². The summed E-state index contributed by atoms with van der Waals surface area (Å²) in [6.07, 6.45) is 5.80. The van der Waals surface area contributed by atoms with Crippen molar-refractivity contribution in [2.24, 2.45) is 13.0 Å². The van der Waals surface area contributed by atoms with Gasteiger partial charge in [-0.25, -0.2) is 0 Å². The monoisotopic (exact) mass is 369 g/mol. The van der Waals surface area contributed by atoms with Crippen LogP contribution in [0.3, 0.4) is 0 Å². The van der Waals surface area contributed by atoms with Crippen molar-refractivity contribution in [3.63, 3.8) is 0 Å². The molecule has 0 saturated carbocycles. The van der Waals surface area contributed by atoms with Gasteiger partial charge in [-0.2, -0.15) is 5.10 Å². The minimum atomic E-state index is -0.309. The minimum absolute atomic E-state index is 0.154. The lowest BCUT2D eigenvalue weighted by molar-refractivity contribution is -0.135. The molecule has 0 aliphatic carbocycles. The molecule has 1 fully saturated rings. The normalized spacial score (nSPS) is 16.7. The van der Waals surface area contributed by atoms with Gasteiger partial charge in [-0.15, -0.1) is 0 Å². The summed E-state index contributed by atoms with van der Waals surface area (Å²) in [4.78, 5) is 17.3. The number of aryl methyl sites for hydroxylation is 1. The molecule has 0 radical (unpaired) electrons. The molecule has 1 aliphatic heterocycles. The van der Waals surface area contributed by atoms with Crippen LogP contribution in [0, 0.1) is 5.92 Å². The summed E-state index contributed by atoms with van der Waals surface area (Å²) in [7, 11) is 5.89. The van der Waals surface area contributed by atoms with Gasteiger partial charge in [-0.3, -0.25) is 9.48 Å². The smallest absolute Gasteiger partial charge is 0.244 e. The Hall–Kier alpha value is -2.18. The number of nitrogens with one attached hydrogen (secondary N) is 1. The Labute approximate surface area is 162 Å². The molecule has 0 bridgehead atoms. The molecule has 1 aliphatic rings. The van der Waals surface area contributed by atoms with Crippen molar-refractivity contribution in [2.75, 3.05) is 33.7 Å². The zero-order chi connectivity index (χ0) is 19.2. The van der Waals surface area contributed by atoms with E-state index in [1.54, 1.807) is 10.9 Å². The molecule has 1 atom stereocenters. The van der Waals surface area contributed by atoms with E-state index in [2.05, 4.69) is 52.7 Å². The Kier molecular flexibility index (Phi) is 6.63. The second kappa shape index (κ2) is 9.15. The zero-order valence-corrected chi connectivity index (χ0v) is 16.6. The van der Waals surface area contributed by atoms with Crippen LogP contribution >= 0.6 is 0 Å². The number of hydrogen-bond donors (Lipinski definition) is 1. The number of rotatable bonds is 7. The summed E-state index contributed by atoms with van der Waals surface area (Å²) in [5.74, 6) is 0.802. The van der Waals surface area contributed by atoms with E-state index in [0.29, 0.717) is 5.92 Å². The number of carbonyl (C=O) groups excluding carboxylic acids is 1. The number of hydrogen-bond acceptors (Lipinski definition) is 4. The largest absolute Gasteiger partial charge is 0.341 e. The highest BCUT2D eigenvalue weighted by Crippen LogP contribution is 2.22. The van der Waals surface area contributed by atoms with Crippen molar-refractivity contribution >= 4 is 5.91 Å². The van der Waals surface area contributed by atoms with Crippen LogP contribution in [0.1, 0.15) is 30.0 Å². The molecule has 146 valence electrons. The Balaban J connectivity index is 1.48. The lowest BCUT2D eigenvalue weighted by Crippen LogP contribution is -2.45. The third-order valence-corrected chi connectivity index (χ3v) is 5.39. The molecule has 1 saturated heterocycles. The first-order valence-corrected chi connectivity index (χ1v) is 9.74. The first kappa shape index (κ1) is 19.6. The molecule has 27 heavy (non-hydrogen) atoms. The number of likely N-dealkylation sites (tertiary alicyclic amines) is 1. The molecule has 1 unspecified atom stereocenters. The molecule has 3 rings (SSSR count). The number of nitrogens with zero attached hydrogens (tertiary/aromatic N) is 4. The van der Waals surface area contributed by atoms with Crippen molar-refractivity contribution in [1.29, 1.82) is 0 Å². The Morgan fingerprint density at radius 2 is 2.00 bits per heavy atom.